The zero-order valence-corrected chi connectivity index (χ0v) is 5.69. The van der Waals surface area contributed by atoms with E-state index in [1.807, 2.05) is 12.3 Å². The van der Waals surface area contributed by atoms with Gasteiger partial charge in [0.25, 0.3) is 0 Å². The molecule has 1 nitrogen and oxygen atoms in total. The van der Waals surface area contributed by atoms with Crippen LogP contribution in [0.3, 0.4) is 0 Å². The monoisotopic (exact) mass is 136 g/mol. The summed E-state index contributed by atoms with van der Waals surface area (Å²) in [5.74, 6) is 2.18. The molecule has 45 valence electrons. The van der Waals surface area contributed by atoms with Gasteiger partial charge in [0.2, 0.25) is 0 Å². The zero-order valence-electron chi connectivity index (χ0n) is 4.87. The number of hydrogen-bond acceptors (Lipinski definition) is 2. The van der Waals surface area contributed by atoms with Crippen LogP contribution >= 0.6 is 11.8 Å². The van der Waals surface area contributed by atoms with Gasteiger partial charge in [-0.25, -0.2) is 4.98 Å². The van der Waals surface area contributed by atoms with E-state index in [4.69, 9.17) is 0 Å². The molecular formula is C7H6NS. The van der Waals surface area contributed by atoms with Gasteiger partial charge in [-0.15, -0.1) is 11.8 Å². The first-order chi connectivity index (χ1) is 4.47. The Morgan fingerprint density at radius 1 is 1.56 bits per heavy atom. The number of rotatable bonds is 0. The average Bonchev–Trinajstić information content (AvgIpc) is 2.33. The van der Waals surface area contributed by atoms with Crippen LogP contribution < -0.4 is 0 Å². The van der Waals surface area contributed by atoms with Gasteiger partial charge in [0.05, 0.1) is 5.03 Å². The molecule has 0 unspecified atom stereocenters. The molecule has 1 aromatic rings. The van der Waals surface area contributed by atoms with E-state index in [9.17, 15) is 0 Å². The molecule has 0 N–H and O–H groups in total. The Kier molecular flexibility index (Phi) is 1.19. The van der Waals surface area contributed by atoms with Crippen molar-refractivity contribution in [2.24, 2.45) is 0 Å². The molecule has 1 aliphatic rings. The van der Waals surface area contributed by atoms with Crippen molar-refractivity contribution in [3.63, 3.8) is 0 Å². The smallest absolute Gasteiger partial charge is 0.0995 e. The number of fused-ring (bicyclic) bond motifs is 1. The number of hydrogen-bond donors (Lipinski definition) is 0. The van der Waals surface area contributed by atoms with E-state index in [1.165, 1.54) is 10.6 Å². The molecule has 0 saturated heterocycles. The molecule has 2 heterocycles. The Morgan fingerprint density at radius 3 is 3.44 bits per heavy atom. The van der Waals surface area contributed by atoms with E-state index in [0.717, 1.165) is 6.42 Å². The fraction of sp³-hybridized carbons (Fsp3) is 0.143. The summed E-state index contributed by atoms with van der Waals surface area (Å²) in [6.45, 7) is 0. The first kappa shape index (κ1) is 5.30. The molecule has 0 aliphatic carbocycles. The maximum Gasteiger partial charge on any atom is 0.0995 e. The van der Waals surface area contributed by atoms with E-state index in [2.05, 4.69) is 16.8 Å². The Bertz CT molecular complexity index is 199. The maximum atomic E-state index is 4.19. The molecule has 2 rings (SSSR count). The number of nitrogens with zero attached hydrogens (tertiary/aromatic N) is 1. The largest absolute Gasteiger partial charge is 0.250 e. The highest BCUT2D eigenvalue weighted by Gasteiger charge is 2.10. The minimum Gasteiger partial charge on any atom is -0.250 e. The molecule has 0 amide bonds. The van der Waals surface area contributed by atoms with Crippen molar-refractivity contribution in [3.8, 4) is 0 Å². The van der Waals surface area contributed by atoms with Gasteiger partial charge in [-0.2, -0.15) is 0 Å². The molecule has 1 radical (unpaired) electrons. The van der Waals surface area contributed by atoms with Gasteiger partial charge in [-0.05, 0) is 18.1 Å². The van der Waals surface area contributed by atoms with Gasteiger partial charge in [0.15, 0.2) is 0 Å². The van der Waals surface area contributed by atoms with Crippen LogP contribution in [0.5, 0.6) is 0 Å². The van der Waals surface area contributed by atoms with E-state index in [0.29, 0.717) is 0 Å². The molecule has 1 aromatic heterocycles. The fourth-order valence-electron chi connectivity index (χ4n) is 0.896. The van der Waals surface area contributed by atoms with Crippen LogP contribution in [0.15, 0.2) is 23.4 Å². The summed E-state index contributed by atoms with van der Waals surface area (Å²) in [6.07, 6.45) is 2.92. The van der Waals surface area contributed by atoms with Gasteiger partial charge >= 0.3 is 0 Å². The van der Waals surface area contributed by atoms with Crippen molar-refractivity contribution >= 4 is 11.8 Å². The third-order valence-corrected chi connectivity index (χ3v) is 2.27. The van der Waals surface area contributed by atoms with Crippen molar-refractivity contribution in [2.75, 3.05) is 0 Å². The minimum atomic E-state index is 1.08. The van der Waals surface area contributed by atoms with E-state index < -0.39 is 0 Å². The first-order valence-corrected chi connectivity index (χ1v) is 3.77. The Morgan fingerprint density at radius 2 is 2.56 bits per heavy atom. The molecule has 9 heavy (non-hydrogen) atoms. The quantitative estimate of drug-likeness (QED) is 0.540. The fourth-order valence-corrected chi connectivity index (χ4v) is 1.74. The van der Waals surface area contributed by atoms with Crippen LogP contribution in [0, 0.1) is 5.75 Å². The van der Waals surface area contributed by atoms with Crippen molar-refractivity contribution < 1.29 is 0 Å². The molecular weight excluding hydrogens is 130 g/mol. The van der Waals surface area contributed by atoms with Crippen molar-refractivity contribution in [2.45, 2.75) is 11.4 Å². The normalized spacial score (nSPS) is 15.6. The second-order valence-electron chi connectivity index (χ2n) is 1.96. The highest BCUT2D eigenvalue weighted by molar-refractivity contribution is 8.01. The summed E-state index contributed by atoms with van der Waals surface area (Å²) < 4.78 is 0. The van der Waals surface area contributed by atoms with Gasteiger partial charge in [0.1, 0.15) is 0 Å². The van der Waals surface area contributed by atoms with Crippen LogP contribution in [0.25, 0.3) is 0 Å². The van der Waals surface area contributed by atoms with Crippen LogP contribution in [-0.4, -0.2) is 4.98 Å². The number of pyridine rings is 1. The van der Waals surface area contributed by atoms with Crippen molar-refractivity contribution in [3.05, 3.63) is 29.6 Å². The lowest BCUT2D eigenvalue weighted by Crippen LogP contribution is -1.79. The van der Waals surface area contributed by atoms with E-state index in [-0.39, 0.29) is 0 Å². The second-order valence-corrected chi connectivity index (χ2v) is 2.91. The number of thioether (sulfide) groups is 1. The van der Waals surface area contributed by atoms with Gasteiger partial charge in [0, 0.05) is 11.9 Å². The Labute approximate surface area is 58.5 Å². The molecule has 1 aliphatic heterocycles. The predicted molar refractivity (Wildman–Crippen MR) is 38.1 cm³/mol. The lowest BCUT2D eigenvalue weighted by molar-refractivity contribution is 1.06. The molecule has 0 saturated carbocycles. The van der Waals surface area contributed by atoms with Crippen LogP contribution in [-0.2, 0) is 6.42 Å². The molecule has 0 aromatic carbocycles. The lowest BCUT2D eigenvalue weighted by atomic mass is 10.2. The Hall–Kier alpha value is -0.500. The molecule has 0 spiro atoms. The SMILES string of the molecule is [CH]1Cc2cccnc2S1. The standard InChI is InChI=1S/C7H6NS/c1-2-6-3-5-9-7(6)8-4-1/h1-2,4-5H,3H2. The summed E-state index contributed by atoms with van der Waals surface area (Å²) in [6, 6.07) is 4.11. The van der Waals surface area contributed by atoms with Gasteiger partial charge < -0.3 is 0 Å². The first-order valence-electron chi connectivity index (χ1n) is 2.89. The maximum absolute atomic E-state index is 4.19. The number of aromatic nitrogens is 1. The zero-order chi connectivity index (χ0) is 6.10. The predicted octanol–water partition coefficient (Wildman–Crippen LogP) is 1.89. The summed E-state index contributed by atoms with van der Waals surface area (Å²) in [5.41, 5.74) is 1.36. The summed E-state index contributed by atoms with van der Waals surface area (Å²) in [7, 11) is 0. The third-order valence-electron chi connectivity index (χ3n) is 1.35. The third kappa shape index (κ3) is 0.833. The second kappa shape index (κ2) is 2.03. The van der Waals surface area contributed by atoms with Crippen LogP contribution in [0.1, 0.15) is 5.56 Å². The van der Waals surface area contributed by atoms with Crippen molar-refractivity contribution in [1.29, 1.82) is 0 Å². The molecule has 0 fully saturated rings. The summed E-state index contributed by atoms with van der Waals surface area (Å²) in [5, 5.41) is 1.18. The lowest BCUT2D eigenvalue weighted by Gasteiger charge is -1.90. The highest BCUT2D eigenvalue weighted by Crippen LogP contribution is 2.31. The molecule has 0 atom stereocenters. The van der Waals surface area contributed by atoms with Crippen LogP contribution in [0.2, 0.25) is 0 Å². The topological polar surface area (TPSA) is 12.9 Å². The van der Waals surface area contributed by atoms with Gasteiger partial charge in [-0.3, -0.25) is 0 Å². The van der Waals surface area contributed by atoms with Crippen LogP contribution in [0.4, 0.5) is 0 Å². The average molecular weight is 136 g/mol. The van der Waals surface area contributed by atoms with E-state index in [1.54, 1.807) is 11.8 Å². The summed E-state index contributed by atoms with van der Waals surface area (Å²) >= 11 is 1.73. The van der Waals surface area contributed by atoms with Gasteiger partial charge in [-0.1, -0.05) is 6.07 Å². The van der Waals surface area contributed by atoms with Crippen molar-refractivity contribution in [1.82, 2.24) is 4.98 Å². The van der Waals surface area contributed by atoms with E-state index >= 15 is 0 Å². The highest BCUT2D eigenvalue weighted by atomic mass is 32.2. The Balaban J connectivity index is 2.54. The minimum absolute atomic E-state index is 1.08. The molecule has 2 heteroatoms. The molecule has 0 bridgehead atoms. The summed E-state index contributed by atoms with van der Waals surface area (Å²) in [4.78, 5) is 4.19.